The van der Waals surface area contributed by atoms with Gasteiger partial charge in [-0.25, -0.2) is 0 Å². The average Bonchev–Trinajstić information content (AvgIpc) is 3.02. The molecule has 0 aromatic carbocycles. The molecule has 1 N–H and O–H groups in total. The molecular weight excluding hydrogens is 348 g/mol. The average molecular weight is 385 g/mol. The fraction of sp³-hybridized carbons (Fsp3) is 0.833. The van der Waals surface area contributed by atoms with E-state index in [0.717, 1.165) is 69.2 Å². The van der Waals surface area contributed by atoms with Gasteiger partial charge >= 0.3 is 0 Å². The van der Waals surface area contributed by atoms with Crippen molar-refractivity contribution in [2.24, 2.45) is 33.7 Å². The standard InChI is InChI=1S/C24H36N2O2/c1-23-11-7-17(26-28-18-9-13-25-14-10-18)15-16(23)3-4-19-20-5-6-22(27)24(20,2)12-8-21(19)23/h15,18-21,25H,3-14H2,1-2H3/t19?,20?,21?,23-,24+/m1/s1. The van der Waals surface area contributed by atoms with Gasteiger partial charge in [-0.05, 0) is 100 Å². The van der Waals surface area contributed by atoms with Gasteiger partial charge in [-0.2, -0.15) is 0 Å². The molecule has 5 aliphatic rings. The van der Waals surface area contributed by atoms with Crippen molar-refractivity contribution in [3.8, 4) is 0 Å². The molecule has 4 heteroatoms. The lowest BCUT2D eigenvalue weighted by molar-refractivity contribution is -0.132. The summed E-state index contributed by atoms with van der Waals surface area (Å²) >= 11 is 0. The zero-order valence-electron chi connectivity index (χ0n) is 17.6. The summed E-state index contributed by atoms with van der Waals surface area (Å²) in [5.74, 6) is 2.69. The first-order valence-electron chi connectivity index (χ1n) is 11.7. The molecule has 4 nitrogen and oxygen atoms in total. The molecule has 5 rings (SSSR count). The fourth-order valence-electron chi connectivity index (χ4n) is 7.46. The van der Waals surface area contributed by atoms with Crippen LogP contribution < -0.4 is 5.32 Å². The van der Waals surface area contributed by atoms with Crippen molar-refractivity contribution in [2.75, 3.05) is 13.1 Å². The van der Waals surface area contributed by atoms with Gasteiger partial charge in [0.1, 0.15) is 11.9 Å². The van der Waals surface area contributed by atoms with Crippen LogP contribution in [-0.4, -0.2) is 30.7 Å². The normalized spacial score (nSPS) is 45.2. The van der Waals surface area contributed by atoms with Gasteiger partial charge in [0, 0.05) is 11.8 Å². The van der Waals surface area contributed by atoms with Crippen molar-refractivity contribution in [2.45, 2.75) is 84.2 Å². The second-order valence-electron chi connectivity index (χ2n) is 10.6. The lowest BCUT2D eigenvalue weighted by atomic mass is 9.47. The van der Waals surface area contributed by atoms with Crippen molar-refractivity contribution in [3.63, 3.8) is 0 Å². The van der Waals surface area contributed by atoms with Crippen LogP contribution in [-0.2, 0) is 9.63 Å². The van der Waals surface area contributed by atoms with Crippen LogP contribution in [0, 0.1) is 28.6 Å². The summed E-state index contributed by atoms with van der Waals surface area (Å²) in [7, 11) is 0. The molecular formula is C24H36N2O2. The molecule has 0 spiro atoms. The summed E-state index contributed by atoms with van der Waals surface area (Å²) in [4.78, 5) is 18.5. The summed E-state index contributed by atoms with van der Waals surface area (Å²) < 4.78 is 0. The van der Waals surface area contributed by atoms with Gasteiger partial charge in [0.2, 0.25) is 0 Å². The first-order chi connectivity index (χ1) is 13.5. The summed E-state index contributed by atoms with van der Waals surface area (Å²) in [6.45, 7) is 6.88. The Hall–Kier alpha value is -1.16. The van der Waals surface area contributed by atoms with Gasteiger partial charge in [0.05, 0.1) is 5.71 Å². The Kier molecular flexibility index (Phi) is 4.69. The van der Waals surface area contributed by atoms with Crippen molar-refractivity contribution < 1.29 is 9.63 Å². The van der Waals surface area contributed by atoms with Gasteiger partial charge in [-0.15, -0.1) is 0 Å². The predicted octanol–water partition coefficient (Wildman–Crippen LogP) is 4.64. The number of carbonyl (C=O) groups is 1. The summed E-state index contributed by atoms with van der Waals surface area (Å²) in [6, 6.07) is 0. The maximum absolute atomic E-state index is 12.6. The van der Waals surface area contributed by atoms with Crippen LogP contribution in [0.5, 0.6) is 0 Å². The lowest BCUT2D eigenvalue weighted by Gasteiger charge is -2.57. The molecule has 1 saturated heterocycles. The second-order valence-corrected chi connectivity index (χ2v) is 10.6. The molecule has 4 aliphatic carbocycles. The molecule has 1 aliphatic heterocycles. The smallest absolute Gasteiger partial charge is 0.139 e. The molecule has 4 fully saturated rings. The summed E-state index contributed by atoms with van der Waals surface area (Å²) in [6.07, 6.45) is 13.8. The number of hydrogen-bond donors (Lipinski definition) is 1. The molecule has 0 radical (unpaired) electrons. The van der Waals surface area contributed by atoms with E-state index in [9.17, 15) is 4.79 Å². The van der Waals surface area contributed by atoms with Crippen LogP contribution in [0.4, 0.5) is 0 Å². The maximum atomic E-state index is 12.6. The Bertz CT molecular complexity index is 707. The Morgan fingerprint density at radius 1 is 0.964 bits per heavy atom. The molecule has 0 bridgehead atoms. The van der Waals surface area contributed by atoms with E-state index < -0.39 is 0 Å². The van der Waals surface area contributed by atoms with Gasteiger partial charge in [-0.3, -0.25) is 4.79 Å². The van der Waals surface area contributed by atoms with Crippen molar-refractivity contribution >= 4 is 11.5 Å². The number of allylic oxidation sites excluding steroid dienone is 2. The van der Waals surface area contributed by atoms with Crippen LogP contribution in [0.25, 0.3) is 0 Å². The molecule has 1 heterocycles. The van der Waals surface area contributed by atoms with E-state index >= 15 is 0 Å². The maximum Gasteiger partial charge on any atom is 0.139 e. The van der Waals surface area contributed by atoms with Gasteiger partial charge in [0.15, 0.2) is 0 Å². The Morgan fingerprint density at radius 2 is 1.75 bits per heavy atom. The minimum atomic E-state index is -0.0112. The van der Waals surface area contributed by atoms with Crippen molar-refractivity contribution in [1.29, 1.82) is 0 Å². The highest BCUT2D eigenvalue weighted by molar-refractivity contribution is 5.96. The number of carbonyl (C=O) groups excluding carboxylic acids is 1. The molecule has 3 unspecified atom stereocenters. The quantitative estimate of drug-likeness (QED) is 0.706. The minimum Gasteiger partial charge on any atom is -0.392 e. The minimum absolute atomic E-state index is 0.0112. The van der Waals surface area contributed by atoms with Gasteiger partial charge < -0.3 is 10.2 Å². The first-order valence-corrected chi connectivity index (χ1v) is 11.7. The number of nitrogens with zero attached hydrogens (tertiary/aromatic N) is 1. The van der Waals surface area contributed by atoms with Crippen LogP contribution in [0.15, 0.2) is 16.8 Å². The molecule has 0 aromatic rings. The van der Waals surface area contributed by atoms with Crippen LogP contribution in [0.2, 0.25) is 0 Å². The number of piperidine rings is 1. The second kappa shape index (κ2) is 6.97. The molecule has 3 saturated carbocycles. The topological polar surface area (TPSA) is 50.7 Å². The SMILES string of the molecule is C[C@]12CCC3C(CCC4=CC(=NOC5CCNCC5)CC[C@]43C)C1CCC2=O. The third kappa shape index (κ3) is 2.89. The lowest BCUT2D eigenvalue weighted by Crippen LogP contribution is -2.50. The van der Waals surface area contributed by atoms with Crippen LogP contribution in [0.1, 0.15) is 78.1 Å². The van der Waals surface area contributed by atoms with E-state index in [2.05, 4.69) is 30.4 Å². The van der Waals surface area contributed by atoms with Crippen molar-refractivity contribution in [3.05, 3.63) is 11.6 Å². The zero-order chi connectivity index (χ0) is 19.4. The number of oxime groups is 1. The fourth-order valence-corrected chi connectivity index (χ4v) is 7.46. The molecule has 5 atom stereocenters. The number of Topliss-reactive ketones (excluding diaryl/α,β-unsaturated/α-hetero) is 1. The molecule has 0 amide bonds. The number of hydrogen-bond acceptors (Lipinski definition) is 4. The Morgan fingerprint density at radius 3 is 2.57 bits per heavy atom. The molecule has 0 aromatic heterocycles. The number of rotatable bonds is 2. The highest BCUT2D eigenvalue weighted by Gasteiger charge is 2.58. The summed E-state index contributed by atoms with van der Waals surface area (Å²) in [5, 5.41) is 7.96. The third-order valence-electron chi connectivity index (χ3n) is 9.29. The monoisotopic (exact) mass is 384 g/mol. The Labute approximate surface area is 169 Å². The van der Waals surface area contributed by atoms with Crippen LogP contribution >= 0.6 is 0 Å². The Balaban J connectivity index is 1.33. The number of fused-ring (bicyclic) bond motifs is 5. The highest BCUT2D eigenvalue weighted by Crippen LogP contribution is 2.64. The zero-order valence-corrected chi connectivity index (χ0v) is 17.6. The largest absolute Gasteiger partial charge is 0.392 e. The van der Waals surface area contributed by atoms with Gasteiger partial charge in [0.25, 0.3) is 0 Å². The van der Waals surface area contributed by atoms with E-state index in [-0.39, 0.29) is 11.5 Å². The molecule has 154 valence electrons. The van der Waals surface area contributed by atoms with Crippen LogP contribution in [0.3, 0.4) is 0 Å². The summed E-state index contributed by atoms with van der Waals surface area (Å²) in [5.41, 5.74) is 3.06. The highest BCUT2D eigenvalue weighted by atomic mass is 16.6. The third-order valence-corrected chi connectivity index (χ3v) is 9.29. The van der Waals surface area contributed by atoms with Crippen molar-refractivity contribution in [1.82, 2.24) is 5.32 Å². The van der Waals surface area contributed by atoms with E-state index in [1.807, 2.05) is 0 Å². The van der Waals surface area contributed by atoms with E-state index in [1.54, 1.807) is 5.57 Å². The first kappa shape index (κ1) is 18.8. The predicted molar refractivity (Wildman–Crippen MR) is 111 cm³/mol. The number of ketones is 1. The van der Waals surface area contributed by atoms with E-state index in [4.69, 9.17) is 4.84 Å². The van der Waals surface area contributed by atoms with Gasteiger partial charge in [-0.1, -0.05) is 24.6 Å². The molecule has 28 heavy (non-hydrogen) atoms. The number of nitrogens with one attached hydrogen (secondary N) is 1. The van der Waals surface area contributed by atoms with E-state index in [0.29, 0.717) is 17.1 Å². The van der Waals surface area contributed by atoms with E-state index in [1.165, 1.54) is 25.7 Å².